The third-order valence-electron chi connectivity index (χ3n) is 3.05. The summed E-state index contributed by atoms with van der Waals surface area (Å²) in [4.78, 5) is 0. The number of anilines is 1. The Kier molecular flexibility index (Phi) is 4.07. The molecule has 0 heterocycles. The highest BCUT2D eigenvalue weighted by Crippen LogP contribution is 2.30. The maximum absolute atomic E-state index is 5.94. The Bertz CT molecular complexity index is 538. The summed E-state index contributed by atoms with van der Waals surface area (Å²) in [5.74, 6) is 1.71. The summed E-state index contributed by atoms with van der Waals surface area (Å²) in [6, 6.07) is 11.7. The molecule has 0 amide bonds. The van der Waals surface area contributed by atoms with Gasteiger partial charge >= 0.3 is 0 Å². The summed E-state index contributed by atoms with van der Waals surface area (Å²) in [7, 11) is 0. The number of nitrogen functional groups attached to an aromatic ring is 1. The minimum absolute atomic E-state index is 0.664. The van der Waals surface area contributed by atoms with Crippen molar-refractivity contribution in [2.75, 3.05) is 12.3 Å². The molecule has 2 aromatic rings. The van der Waals surface area contributed by atoms with E-state index in [2.05, 4.69) is 26.0 Å². The van der Waals surface area contributed by atoms with E-state index in [4.69, 9.17) is 16.2 Å². The van der Waals surface area contributed by atoms with Crippen LogP contribution in [0.4, 0.5) is 5.69 Å². The van der Waals surface area contributed by atoms with Crippen LogP contribution in [0.3, 0.4) is 0 Å². The van der Waals surface area contributed by atoms with Crippen molar-refractivity contribution >= 4 is 5.69 Å². The Balaban J connectivity index is 2.27. The van der Waals surface area contributed by atoms with Gasteiger partial charge in [0.15, 0.2) is 0 Å². The Morgan fingerprint density at radius 1 is 1.00 bits per heavy atom. The standard InChI is InChI=1S/C16H20N2O/c1-11-9-13(7-8-17)10-12(2)16(11)19-15-5-3-14(18)4-6-15/h3-6,9-10H,7-8,17-18H2,1-2H3. The largest absolute Gasteiger partial charge is 0.457 e. The fourth-order valence-corrected chi connectivity index (χ4v) is 2.17. The second kappa shape index (κ2) is 5.76. The van der Waals surface area contributed by atoms with E-state index in [9.17, 15) is 0 Å². The van der Waals surface area contributed by atoms with Gasteiger partial charge in [-0.1, -0.05) is 12.1 Å². The summed E-state index contributed by atoms with van der Waals surface area (Å²) < 4.78 is 5.94. The van der Waals surface area contributed by atoms with Gasteiger partial charge < -0.3 is 16.2 Å². The number of hydrogen-bond acceptors (Lipinski definition) is 3. The monoisotopic (exact) mass is 256 g/mol. The number of hydrogen-bond donors (Lipinski definition) is 2. The number of nitrogens with two attached hydrogens (primary N) is 2. The molecular formula is C16H20N2O. The summed E-state index contributed by atoms with van der Waals surface area (Å²) in [5.41, 5.74) is 15.5. The van der Waals surface area contributed by atoms with E-state index in [1.807, 2.05) is 24.3 Å². The minimum atomic E-state index is 0.664. The maximum Gasteiger partial charge on any atom is 0.133 e. The molecule has 2 aromatic carbocycles. The van der Waals surface area contributed by atoms with Crippen molar-refractivity contribution in [3.63, 3.8) is 0 Å². The lowest BCUT2D eigenvalue weighted by molar-refractivity contribution is 0.475. The molecule has 4 N–H and O–H groups in total. The molecule has 0 bridgehead atoms. The van der Waals surface area contributed by atoms with Gasteiger partial charge in [-0.05, 0) is 67.8 Å². The molecule has 0 aromatic heterocycles. The molecular weight excluding hydrogens is 236 g/mol. The lowest BCUT2D eigenvalue weighted by Gasteiger charge is -2.13. The van der Waals surface area contributed by atoms with E-state index in [0.717, 1.165) is 34.7 Å². The van der Waals surface area contributed by atoms with E-state index < -0.39 is 0 Å². The van der Waals surface area contributed by atoms with Crippen LogP contribution in [-0.4, -0.2) is 6.54 Å². The maximum atomic E-state index is 5.94. The van der Waals surface area contributed by atoms with Crippen LogP contribution in [-0.2, 0) is 6.42 Å². The van der Waals surface area contributed by atoms with Crippen LogP contribution in [0.1, 0.15) is 16.7 Å². The van der Waals surface area contributed by atoms with Gasteiger partial charge in [0.2, 0.25) is 0 Å². The van der Waals surface area contributed by atoms with Crippen molar-refractivity contribution < 1.29 is 4.74 Å². The number of ether oxygens (including phenoxy) is 1. The predicted octanol–water partition coefficient (Wildman–Crippen LogP) is 3.18. The van der Waals surface area contributed by atoms with Crippen molar-refractivity contribution in [3.05, 3.63) is 53.1 Å². The fraction of sp³-hybridized carbons (Fsp3) is 0.250. The van der Waals surface area contributed by atoms with Crippen LogP contribution in [0.5, 0.6) is 11.5 Å². The molecule has 0 saturated carbocycles. The van der Waals surface area contributed by atoms with Crippen molar-refractivity contribution in [3.8, 4) is 11.5 Å². The van der Waals surface area contributed by atoms with Gasteiger partial charge in [-0.2, -0.15) is 0 Å². The first kappa shape index (κ1) is 13.4. The van der Waals surface area contributed by atoms with Gasteiger partial charge in [0.1, 0.15) is 11.5 Å². The zero-order valence-electron chi connectivity index (χ0n) is 11.4. The molecule has 0 aliphatic heterocycles. The van der Waals surface area contributed by atoms with E-state index in [0.29, 0.717) is 6.54 Å². The van der Waals surface area contributed by atoms with Gasteiger partial charge in [0, 0.05) is 5.69 Å². The van der Waals surface area contributed by atoms with Gasteiger partial charge in [0.25, 0.3) is 0 Å². The first-order valence-corrected chi connectivity index (χ1v) is 6.43. The Morgan fingerprint density at radius 3 is 2.11 bits per heavy atom. The molecule has 0 radical (unpaired) electrons. The van der Waals surface area contributed by atoms with Crippen LogP contribution in [0.2, 0.25) is 0 Å². The number of benzene rings is 2. The summed E-state index contributed by atoms with van der Waals surface area (Å²) in [6.45, 7) is 4.77. The van der Waals surface area contributed by atoms with Crippen LogP contribution in [0.15, 0.2) is 36.4 Å². The van der Waals surface area contributed by atoms with Crippen molar-refractivity contribution in [2.24, 2.45) is 5.73 Å². The minimum Gasteiger partial charge on any atom is -0.457 e. The molecule has 3 heteroatoms. The van der Waals surface area contributed by atoms with Gasteiger partial charge in [-0.25, -0.2) is 0 Å². The molecule has 0 spiro atoms. The number of rotatable bonds is 4. The van der Waals surface area contributed by atoms with Gasteiger partial charge in [-0.15, -0.1) is 0 Å². The van der Waals surface area contributed by atoms with E-state index in [1.54, 1.807) is 0 Å². The van der Waals surface area contributed by atoms with E-state index in [1.165, 1.54) is 5.56 Å². The van der Waals surface area contributed by atoms with Crippen molar-refractivity contribution in [2.45, 2.75) is 20.3 Å². The number of aryl methyl sites for hydroxylation is 2. The lowest BCUT2D eigenvalue weighted by atomic mass is 10.0. The van der Waals surface area contributed by atoms with Crippen LogP contribution in [0, 0.1) is 13.8 Å². The van der Waals surface area contributed by atoms with Gasteiger partial charge in [-0.3, -0.25) is 0 Å². The third kappa shape index (κ3) is 3.26. The normalized spacial score (nSPS) is 10.5. The molecule has 19 heavy (non-hydrogen) atoms. The first-order chi connectivity index (χ1) is 9.10. The fourth-order valence-electron chi connectivity index (χ4n) is 2.17. The molecule has 0 saturated heterocycles. The lowest BCUT2D eigenvalue weighted by Crippen LogP contribution is -2.03. The summed E-state index contributed by atoms with van der Waals surface area (Å²) in [5, 5.41) is 0. The summed E-state index contributed by atoms with van der Waals surface area (Å²) >= 11 is 0. The highest BCUT2D eigenvalue weighted by Gasteiger charge is 2.07. The first-order valence-electron chi connectivity index (χ1n) is 6.43. The average Bonchev–Trinajstić information content (AvgIpc) is 2.36. The zero-order valence-corrected chi connectivity index (χ0v) is 11.4. The Hall–Kier alpha value is -2.00. The predicted molar refractivity (Wildman–Crippen MR) is 79.6 cm³/mol. The van der Waals surface area contributed by atoms with Gasteiger partial charge in [0.05, 0.1) is 0 Å². The molecule has 0 atom stereocenters. The average molecular weight is 256 g/mol. The molecule has 0 aliphatic carbocycles. The van der Waals surface area contributed by atoms with Crippen molar-refractivity contribution in [1.29, 1.82) is 0 Å². The second-order valence-corrected chi connectivity index (χ2v) is 4.77. The van der Waals surface area contributed by atoms with Crippen LogP contribution in [0.25, 0.3) is 0 Å². The molecule has 3 nitrogen and oxygen atoms in total. The smallest absolute Gasteiger partial charge is 0.133 e. The van der Waals surface area contributed by atoms with Crippen LogP contribution < -0.4 is 16.2 Å². The third-order valence-corrected chi connectivity index (χ3v) is 3.05. The molecule has 2 rings (SSSR count). The van der Waals surface area contributed by atoms with Crippen LogP contribution >= 0.6 is 0 Å². The summed E-state index contributed by atoms with van der Waals surface area (Å²) in [6.07, 6.45) is 0.893. The quantitative estimate of drug-likeness (QED) is 0.826. The Labute approximate surface area is 114 Å². The SMILES string of the molecule is Cc1cc(CCN)cc(C)c1Oc1ccc(N)cc1. The van der Waals surface area contributed by atoms with E-state index >= 15 is 0 Å². The van der Waals surface area contributed by atoms with Crippen molar-refractivity contribution in [1.82, 2.24) is 0 Å². The molecule has 100 valence electrons. The highest BCUT2D eigenvalue weighted by molar-refractivity contribution is 5.48. The Morgan fingerprint density at radius 2 is 1.58 bits per heavy atom. The molecule has 0 unspecified atom stereocenters. The molecule has 0 aliphatic rings. The zero-order chi connectivity index (χ0) is 13.8. The topological polar surface area (TPSA) is 61.3 Å². The second-order valence-electron chi connectivity index (χ2n) is 4.77. The molecule has 0 fully saturated rings. The van der Waals surface area contributed by atoms with E-state index in [-0.39, 0.29) is 0 Å². The highest BCUT2D eigenvalue weighted by atomic mass is 16.5.